The standard InChI is InChI=1S/C17H18FN3O3S/c1-9-10(2)25-17(19-9)20-16(23)15-14(21(3)13(22)8-24-15)11-4-6-12(18)7-5-11/h4-7,14-15H,8H2,1-3H3,(H,19,20,23)/t14-,15+/m0/s1. The fourth-order valence-electron chi connectivity index (χ4n) is 2.69. The lowest BCUT2D eigenvalue weighted by Crippen LogP contribution is -2.51. The highest BCUT2D eigenvalue weighted by molar-refractivity contribution is 7.15. The largest absolute Gasteiger partial charge is 0.356 e. The zero-order chi connectivity index (χ0) is 18.1. The molecule has 132 valence electrons. The number of morpholine rings is 1. The minimum Gasteiger partial charge on any atom is -0.356 e. The van der Waals surface area contributed by atoms with Crippen molar-refractivity contribution < 1.29 is 18.7 Å². The van der Waals surface area contributed by atoms with Crippen molar-refractivity contribution in [1.82, 2.24) is 9.88 Å². The molecule has 1 N–H and O–H groups in total. The van der Waals surface area contributed by atoms with Crippen molar-refractivity contribution >= 4 is 28.3 Å². The van der Waals surface area contributed by atoms with Gasteiger partial charge in [-0.1, -0.05) is 12.1 Å². The zero-order valence-corrected chi connectivity index (χ0v) is 14.9. The second-order valence-electron chi connectivity index (χ2n) is 5.88. The van der Waals surface area contributed by atoms with E-state index in [1.54, 1.807) is 19.2 Å². The van der Waals surface area contributed by atoms with E-state index in [9.17, 15) is 14.0 Å². The van der Waals surface area contributed by atoms with Crippen LogP contribution in [0.5, 0.6) is 0 Å². The van der Waals surface area contributed by atoms with Crippen molar-refractivity contribution in [2.75, 3.05) is 19.0 Å². The molecule has 25 heavy (non-hydrogen) atoms. The quantitative estimate of drug-likeness (QED) is 0.909. The number of carbonyl (C=O) groups is 2. The second kappa shape index (κ2) is 6.89. The Hall–Kier alpha value is -2.32. The number of hydrogen-bond donors (Lipinski definition) is 1. The lowest BCUT2D eigenvalue weighted by atomic mass is 9.97. The van der Waals surface area contributed by atoms with Crippen LogP contribution in [0, 0.1) is 19.7 Å². The lowest BCUT2D eigenvalue weighted by Gasteiger charge is -2.38. The van der Waals surface area contributed by atoms with Crippen molar-refractivity contribution in [2.24, 2.45) is 0 Å². The molecule has 1 fully saturated rings. The van der Waals surface area contributed by atoms with Gasteiger partial charge < -0.3 is 9.64 Å². The Bertz CT molecular complexity index is 786. The molecule has 1 aliphatic heterocycles. The third-order valence-corrected chi connectivity index (χ3v) is 5.20. The average molecular weight is 363 g/mol. The first kappa shape index (κ1) is 17.5. The summed E-state index contributed by atoms with van der Waals surface area (Å²) >= 11 is 1.38. The average Bonchev–Trinajstić information content (AvgIpc) is 2.88. The van der Waals surface area contributed by atoms with E-state index in [-0.39, 0.29) is 24.2 Å². The van der Waals surface area contributed by atoms with Crippen LogP contribution >= 0.6 is 11.3 Å². The number of ether oxygens (including phenoxy) is 1. The maximum atomic E-state index is 13.2. The molecule has 0 radical (unpaired) electrons. The number of carbonyl (C=O) groups excluding carboxylic acids is 2. The van der Waals surface area contributed by atoms with Crippen LogP contribution in [0.15, 0.2) is 24.3 Å². The first-order chi connectivity index (χ1) is 11.9. The van der Waals surface area contributed by atoms with Crippen LogP contribution in [0.2, 0.25) is 0 Å². The molecule has 2 amide bonds. The number of likely N-dealkylation sites (N-methyl/N-ethyl adjacent to an activating group) is 1. The Kier molecular flexibility index (Phi) is 4.82. The minimum atomic E-state index is -0.905. The van der Waals surface area contributed by atoms with Crippen molar-refractivity contribution in [3.63, 3.8) is 0 Å². The summed E-state index contributed by atoms with van der Waals surface area (Å²) in [6, 6.07) is 5.06. The van der Waals surface area contributed by atoms with Crippen molar-refractivity contribution in [2.45, 2.75) is 26.0 Å². The molecule has 8 heteroatoms. The monoisotopic (exact) mass is 363 g/mol. The van der Waals surface area contributed by atoms with E-state index in [4.69, 9.17) is 4.74 Å². The topological polar surface area (TPSA) is 71.5 Å². The predicted octanol–water partition coefficient (Wildman–Crippen LogP) is 2.44. The SMILES string of the molecule is Cc1nc(NC(=O)[C@@H]2OCC(=O)N(C)[C@H]2c2ccc(F)cc2)sc1C. The third-order valence-electron chi connectivity index (χ3n) is 4.21. The number of halogens is 1. The van der Waals surface area contributed by atoms with E-state index in [1.807, 2.05) is 13.8 Å². The van der Waals surface area contributed by atoms with Gasteiger partial charge in [0.2, 0.25) is 5.91 Å². The maximum Gasteiger partial charge on any atom is 0.257 e. The summed E-state index contributed by atoms with van der Waals surface area (Å²) < 4.78 is 18.7. The van der Waals surface area contributed by atoms with Crippen LogP contribution in [0.25, 0.3) is 0 Å². The van der Waals surface area contributed by atoms with Crippen LogP contribution in [0.1, 0.15) is 22.2 Å². The van der Waals surface area contributed by atoms with Crippen LogP contribution in [-0.4, -0.2) is 41.5 Å². The molecule has 2 aromatic rings. The third kappa shape index (κ3) is 3.54. The van der Waals surface area contributed by atoms with Gasteiger partial charge >= 0.3 is 0 Å². The summed E-state index contributed by atoms with van der Waals surface area (Å²) in [5.41, 5.74) is 1.48. The summed E-state index contributed by atoms with van der Waals surface area (Å²) in [6.07, 6.45) is -0.905. The Balaban J connectivity index is 1.87. The summed E-state index contributed by atoms with van der Waals surface area (Å²) in [5.74, 6) is -1.01. The maximum absolute atomic E-state index is 13.2. The van der Waals surface area contributed by atoms with Gasteiger partial charge in [-0.15, -0.1) is 11.3 Å². The van der Waals surface area contributed by atoms with Gasteiger partial charge in [0.15, 0.2) is 11.2 Å². The normalized spacial score (nSPS) is 20.6. The van der Waals surface area contributed by atoms with E-state index in [1.165, 1.54) is 28.4 Å². The molecule has 1 aromatic carbocycles. The summed E-state index contributed by atoms with van der Waals surface area (Å²) in [4.78, 5) is 31.5. The molecule has 0 spiro atoms. The van der Waals surface area contributed by atoms with Gasteiger partial charge in [-0.25, -0.2) is 9.37 Å². The van der Waals surface area contributed by atoms with Crippen molar-refractivity contribution in [3.05, 3.63) is 46.2 Å². The van der Waals surface area contributed by atoms with E-state index in [0.717, 1.165) is 10.6 Å². The van der Waals surface area contributed by atoms with E-state index < -0.39 is 12.1 Å². The molecule has 2 heterocycles. The molecule has 1 saturated heterocycles. The van der Waals surface area contributed by atoms with Gasteiger partial charge in [-0.05, 0) is 31.5 Å². The number of thiazole rings is 1. The fourth-order valence-corrected chi connectivity index (χ4v) is 3.51. The summed E-state index contributed by atoms with van der Waals surface area (Å²) in [6.45, 7) is 3.61. The van der Waals surface area contributed by atoms with Crippen LogP contribution < -0.4 is 5.32 Å². The summed E-state index contributed by atoms with van der Waals surface area (Å²) in [7, 11) is 1.61. The number of aromatic nitrogens is 1. The van der Waals surface area contributed by atoms with Crippen molar-refractivity contribution in [3.8, 4) is 0 Å². The van der Waals surface area contributed by atoms with Gasteiger partial charge in [0.05, 0.1) is 11.7 Å². The molecule has 0 aliphatic carbocycles. The number of nitrogens with one attached hydrogen (secondary N) is 1. The van der Waals surface area contributed by atoms with Crippen LogP contribution in [0.3, 0.4) is 0 Å². The first-order valence-electron chi connectivity index (χ1n) is 7.74. The first-order valence-corrected chi connectivity index (χ1v) is 8.56. The molecule has 1 aromatic heterocycles. The predicted molar refractivity (Wildman–Crippen MR) is 91.9 cm³/mol. The molecular formula is C17H18FN3O3S. The minimum absolute atomic E-state index is 0.178. The molecule has 6 nitrogen and oxygen atoms in total. The number of rotatable bonds is 3. The molecule has 3 rings (SSSR count). The number of amides is 2. The molecule has 0 saturated carbocycles. The van der Waals surface area contributed by atoms with Gasteiger partial charge in [0.1, 0.15) is 12.4 Å². The number of benzene rings is 1. The molecule has 2 atom stereocenters. The summed E-state index contributed by atoms with van der Waals surface area (Å²) in [5, 5.41) is 3.24. The van der Waals surface area contributed by atoms with E-state index >= 15 is 0 Å². The number of hydrogen-bond acceptors (Lipinski definition) is 5. The van der Waals surface area contributed by atoms with E-state index in [2.05, 4.69) is 10.3 Å². The Morgan fingerprint density at radius 1 is 1.36 bits per heavy atom. The van der Waals surface area contributed by atoms with E-state index in [0.29, 0.717) is 10.7 Å². The Labute approximate surface area is 148 Å². The van der Waals surface area contributed by atoms with Gasteiger partial charge in [0, 0.05) is 11.9 Å². The highest BCUT2D eigenvalue weighted by atomic mass is 32.1. The molecular weight excluding hydrogens is 345 g/mol. The van der Waals surface area contributed by atoms with Crippen LogP contribution in [0.4, 0.5) is 9.52 Å². The lowest BCUT2D eigenvalue weighted by molar-refractivity contribution is -0.160. The second-order valence-corrected chi connectivity index (χ2v) is 7.09. The number of nitrogens with zero attached hydrogens (tertiary/aromatic N) is 2. The van der Waals surface area contributed by atoms with Crippen molar-refractivity contribution in [1.29, 1.82) is 0 Å². The fraction of sp³-hybridized carbons (Fsp3) is 0.353. The molecule has 0 unspecified atom stereocenters. The molecule has 1 aliphatic rings. The highest BCUT2D eigenvalue weighted by Gasteiger charge is 2.40. The number of aryl methyl sites for hydroxylation is 2. The van der Waals surface area contributed by atoms with Gasteiger partial charge in [-0.2, -0.15) is 0 Å². The Morgan fingerprint density at radius 2 is 2.04 bits per heavy atom. The molecule has 0 bridgehead atoms. The highest BCUT2D eigenvalue weighted by Crippen LogP contribution is 2.30. The van der Waals surface area contributed by atoms with Gasteiger partial charge in [-0.3, -0.25) is 14.9 Å². The van der Waals surface area contributed by atoms with Crippen LogP contribution in [-0.2, 0) is 14.3 Å². The van der Waals surface area contributed by atoms with Gasteiger partial charge in [0.25, 0.3) is 5.91 Å². The Morgan fingerprint density at radius 3 is 2.64 bits per heavy atom. The zero-order valence-electron chi connectivity index (χ0n) is 14.1. The smallest absolute Gasteiger partial charge is 0.257 e. The number of anilines is 1.